The van der Waals surface area contributed by atoms with Crippen LogP contribution in [0.25, 0.3) is 11.1 Å². The zero-order chi connectivity index (χ0) is 27.8. The largest absolute Gasteiger partial charge is 0.507 e. The minimum Gasteiger partial charge on any atom is -0.507 e. The molecule has 10 nitrogen and oxygen atoms in total. The average molecular weight is 521 g/mol. The maximum absolute atomic E-state index is 13.9. The molecule has 0 aromatic heterocycles. The Bertz CT molecular complexity index is 1400. The fourth-order valence-electron chi connectivity index (χ4n) is 6.82. The number of fused-ring (bicyclic) bond motifs is 3. The molecule has 0 bridgehead atoms. The first kappa shape index (κ1) is 25.9. The van der Waals surface area contributed by atoms with E-state index in [1.165, 1.54) is 25.1 Å². The predicted molar refractivity (Wildman–Crippen MR) is 133 cm³/mol. The van der Waals surface area contributed by atoms with Crippen LogP contribution in [0.15, 0.2) is 42.5 Å². The minimum atomic E-state index is -3.00. The van der Waals surface area contributed by atoms with Crippen molar-refractivity contribution in [2.75, 3.05) is 14.1 Å². The van der Waals surface area contributed by atoms with E-state index in [0.717, 1.165) is 5.56 Å². The lowest BCUT2D eigenvalue weighted by Crippen LogP contribution is -2.77. The number of carbonyl (C=O) groups excluding carboxylic acids is 5. The summed E-state index contributed by atoms with van der Waals surface area (Å²) in [4.78, 5) is 67.6. The zero-order valence-electron chi connectivity index (χ0n) is 21.0. The van der Waals surface area contributed by atoms with Crippen LogP contribution in [0.2, 0.25) is 0 Å². The lowest BCUT2D eigenvalue weighted by Gasteiger charge is -2.56. The first-order valence-electron chi connectivity index (χ1n) is 12.3. The maximum atomic E-state index is 13.9. The van der Waals surface area contributed by atoms with E-state index in [-0.39, 0.29) is 11.3 Å². The number of benzene rings is 2. The Morgan fingerprint density at radius 3 is 2.21 bits per heavy atom. The molecule has 2 saturated carbocycles. The normalized spacial score (nSPS) is 34.5. The average Bonchev–Trinajstić information content (AvgIpc) is 2.86. The molecular weight excluding hydrogens is 492 g/mol. The van der Waals surface area contributed by atoms with E-state index in [1.807, 2.05) is 30.3 Å². The van der Waals surface area contributed by atoms with Crippen molar-refractivity contribution < 1.29 is 39.3 Å². The summed E-state index contributed by atoms with van der Waals surface area (Å²) >= 11 is 0. The molecule has 0 spiro atoms. The van der Waals surface area contributed by atoms with Crippen molar-refractivity contribution in [3.8, 4) is 16.9 Å². The fraction of sp³-hybridized carbons (Fsp3) is 0.393. The fourth-order valence-corrected chi connectivity index (χ4v) is 6.82. The molecular formula is C28H28N2O8. The van der Waals surface area contributed by atoms with Crippen LogP contribution in [0.3, 0.4) is 0 Å². The molecule has 10 heteroatoms. The number of aliphatic hydroxyl groups excluding tert-OH is 1. The molecule has 5 rings (SSSR count). The number of likely N-dealkylation sites (N-methyl/N-ethyl adjacent to an activating group) is 1. The zero-order valence-corrected chi connectivity index (χ0v) is 21.0. The second kappa shape index (κ2) is 8.65. The van der Waals surface area contributed by atoms with Crippen molar-refractivity contribution in [2.24, 2.45) is 29.4 Å². The number of phenolic OH excluding ortho intramolecular Hbond substituents is 1. The van der Waals surface area contributed by atoms with Crippen LogP contribution in [0, 0.1) is 23.7 Å². The Morgan fingerprint density at radius 1 is 1.00 bits per heavy atom. The van der Waals surface area contributed by atoms with Crippen LogP contribution in [0.1, 0.15) is 28.8 Å². The number of rotatable bonds is 3. The highest BCUT2D eigenvalue weighted by molar-refractivity contribution is 6.32. The Morgan fingerprint density at radius 2 is 1.63 bits per heavy atom. The smallest absolute Gasteiger partial charge is 0.235 e. The van der Waals surface area contributed by atoms with E-state index < -0.39 is 76.4 Å². The highest BCUT2D eigenvalue weighted by atomic mass is 16.3. The van der Waals surface area contributed by atoms with Crippen molar-refractivity contribution in [1.29, 1.82) is 0 Å². The predicted octanol–water partition coefficient (Wildman–Crippen LogP) is 0.0658. The summed E-state index contributed by atoms with van der Waals surface area (Å²) in [6, 6.07) is 10.8. The van der Waals surface area contributed by atoms with Crippen LogP contribution < -0.4 is 5.73 Å². The van der Waals surface area contributed by atoms with Crippen LogP contribution >= 0.6 is 0 Å². The quantitative estimate of drug-likeness (QED) is 0.408. The van der Waals surface area contributed by atoms with Gasteiger partial charge in [-0.05, 0) is 48.8 Å². The van der Waals surface area contributed by atoms with Gasteiger partial charge in [-0.3, -0.25) is 28.9 Å². The summed E-state index contributed by atoms with van der Waals surface area (Å²) in [5, 5.41) is 34.2. The van der Waals surface area contributed by atoms with Gasteiger partial charge in [-0.25, -0.2) is 0 Å². The topological polar surface area (TPSA) is 175 Å². The molecule has 0 heterocycles. The molecule has 0 radical (unpaired) electrons. The Balaban J connectivity index is 1.70. The molecule has 0 saturated heterocycles. The summed E-state index contributed by atoms with van der Waals surface area (Å²) in [6.07, 6.45) is -1.66. The Kier molecular flexibility index (Phi) is 5.90. The van der Waals surface area contributed by atoms with Crippen molar-refractivity contribution >= 4 is 29.0 Å². The van der Waals surface area contributed by atoms with Gasteiger partial charge in [0.1, 0.15) is 5.75 Å². The van der Waals surface area contributed by atoms with Crippen molar-refractivity contribution in [3.63, 3.8) is 0 Å². The van der Waals surface area contributed by atoms with Gasteiger partial charge in [0, 0.05) is 5.92 Å². The summed E-state index contributed by atoms with van der Waals surface area (Å²) in [7, 11) is 2.91. The molecule has 2 aromatic carbocycles. The monoisotopic (exact) mass is 520 g/mol. The van der Waals surface area contributed by atoms with Gasteiger partial charge in [0.05, 0.1) is 29.5 Å². The lowest BCUT2D eigenvalue weighted by molar-refractivity contribution is -0.196. The molecule has 198 valence electrons. The van der Waals surface area contributed by atoms with Crippen LogP contribution in [-0.4, -0.2) is 81.1 Å². The number of nitrogens with zero attached hydrogens (tertiary/aromatic N) is 1. The standard InChI is InChI=1S/C28H28N2O8/c1-11-14-9-13(12-7-5-4-6-8-12)10-15(31)17(14)22(32)18-16(11)23(33)20-21(30(2)3)24(34)19(27(29)37)26(36)28(20,38)25(18)35/h4-11,16,18-21,23,31,33,38H,1-3H3,(H2,29,37). The number of carbonyl (C=O) groups is 5. The summed E-state index contributed by atoms with van der Waals surface area (Å²) in [6.45, 7) is 1.68. The number of amides is 1. The highest BCUT2D eigenvalue weighted by Crippen LogP contribution is 2.54. The Hall–Kier alpha value is -3.73. The molecule has 2 fully saturated rings. The van der Waals surface area contributed by atoms with E-state index in [1.54, 1.807) is 13.0 Å². The minimum absolute atomic E-state index is 0.129. The van der Waals surface area contributed by atoms with Crippen LogP contribution in [-0.2, 0) is 19.2 Å². The molecule has 3 aliphatic rings. The number of hydrogen-bond donors (Lipinski definition) is 4. The molecule has 8 atom stereocenters. The van der Waals surface area contributed by atoms with Gasteiger partial charge in [0.25, 0.3) is 0 Å². The number of Topliss-reactive ketones (excluding diaryl/α,β-unsaturated/α-hetero) is 4. The molecule has 2 aromatic rings. The van der Waals surface area contributed by atoms with Crippen molar-refractivity contribution in [2.45, 2.75) is 30.6 Å². The number of phenols is 1. The van der Waals surface area contributed by atoms with E-state index in [9.17, 15) is 39.3 Å². The number of ketones is 4. The maximum Gasteiger partial charge on any atom is 0.235 e. The van der Waals surface area contributed by atoms with Crippen molar-refractivity contribution in [1.82, 2.24) is 4.90 Å². The van der Waals surface area contributed by atoms with Crippen LogP contribution in [0.5, 0.6) is 5.75 Å². The summed E-state index contributed by atoms with van der Waals surface area (Å²) < 4.78 is 0. The van der Waals surface area contributed by atoms with Crippen LogP contribution in [0.4, 0.5) is 0 Å². The van der Waals surface area contributed by atoms with Gasteiger partial charge in [0.2, 0.25) is 5.91 Å². The molecule has 1 amide bonds. The molecule has 0 aliphatic heterocycles. The highest BCUT2D eigenvalue weighted by Gasteiger charge is 2.72. The number of nitrogens with two attached hydrogens (primary N) is 1. The third kappa shape index (κ3) is 3.27. The van der Waals surface area contributed by atoms with Gasteiger partial charge >= 0.3 is 0 Å². The molecule has 8 unspecified atom stereocenters. The third-order valence-corrected chi connectivity index (χ3v) is 8.53. The van der Waals surface area contributed by atoms with Gasteiger partial charge in [-0.1, -0.05) is 37.3 Å². The second-order valence-corrected chi connectivity index (χ2v) is 10.7. The van der Waals surface area contributed by atoms with Gasteiger partial charge < -0.3 is 21.1 Å². The molecule has 3 aliphatic carbocycles. The van der Waals surface area contributed by atoms with Gasteiger partial charge in [-0.15, -0.1) is 0 Å². The first-order valence-corrected chi connectivity index (χ1v) is 12.3. The molecule has 5 N–H and O–H groups in total. The lowest BCUT2D eigenvalue weighted by atomic mass is 9.49. The SMILES string of the molecule is CC1c2cc(-c3ccccc3)cc(O)c2C(=O)C2C(=O)C3(O)C(=O)C(C(N)=O)C(=O)C(N(C)C)C3C(O)C21. The Labute approximate surface area is 218 Å². The third-order valence-electron chi connectivity index (χ3n) is 8.53. The summed E-state index contributed by atoms with van der Waals surface area (Å²) in [5.74, 6) is -13.3. The first-order chi connectivity index (χ1) is 17.8. The summed E-state index contributed by atoms with van der Waals surface area (Å²) in [5.41, 5.74) is 3.97. The van der Waals surface area contributed by atoms with E-state index in [4.69, 9.17) is 5.73 Å². The molecule has 38 heavy (non-hydrogen) atoms. The van der Waals surface area contributed by atoms with E-state index in [0.29, 0.717) is 11.1 Å². The van der Waals surface area contributed by atoms with Crippen molar-refractivity contribution in [3.05, 3.63) is 53.6 Å². The number of primary amides is 1. The number of aromatic hydroxyl groups is 1. The van der Waals surface area contributed by atoms with Gasteiger partial charge in [-0.2, -0.15) is 0 Å². The second-order valence-electron chi connectivity index (χ2n) is 10.7. The number of aliphatic hydroxyl groups is 2. The van der Waals surface area contributed by atoms with E-state index >= 15 is 0 Å². The van der Waals surface area contributed by atoms with Gasteiger partial charge in [0.15, 0.2) is 34.7 Å². The van der Waals surface area contributed by atoms with E-state index in [2.05, 4.69) is 0 Å². The number of hydrogen-bond acceptors (Lipinski definition) is 9.